The number of halogens is 2. The zero-order valence-corrected chi connectivity index (χ0v) is 19.8. The Balaban J connectivity index is 1.71. The Hall–Kier alpha value is -2.45. The average molecular weight is 491 g/mol. The first-order chi connectivity index (χ1) is 15.8. The number of imide groups is 1. The normalized spacial score (nSPS) is 25.2. The summed E-state index contributed by atoms with van der Waals surface area (Å²) in [5.41, 5.74) is 0.798. The van der Waals surface area contributed by atoms with E-state index < -0.39 is 18.0 Å². The smallest absolute Gasteiger partial charge is 0.332 e. The number of carbonyl (C=O) groups is 3. The zero-order chi connectivity index (χ0) is 23.7. The van der Waals surface area contributed by atoms with Crippen LogP contribution in [0, 0.1) is 5.92 Å². The van der Waals surface area contributed by atoms with E-state index in [0.29, 0.717) is 34.1 Å². The number of hydrogen-bond acceptors (Lipinski definition) is 5. The molecule has 174 valence electrons. The molecule has 1 aliphatic carbocycles. The zero-order valence-electron chi connectivity index (χ0n) is 18.2. The molecule has 2 aliphatic rings. The summed E-state index contributed by atoms with van der Waals surface area (Å²) in [6.07, 6.45) is 0.147. The number of nitrogens with zero attached hydrogens (tertiary/aromatic N) is 2. The van der Waals surface area contributed by atoms with Gasteiger partial charge in [-0.15, -0.1) is 0 Å². The number of rotatable bonds is 6. The summed E-state index contributed by atoms with van der Waals surface area (Å²) in [6, 6.07) is 12.0. The Kier molecular flexibility index (Phi) is 7.05. The molecule has 0 N–H and O–H groups in total. The highest BCUT2D eigenvalue weighted by Gasteiger charge is 2.52. The quantitative estimate of drug-likeness (QED) is 0.558. The SMILES string of the molecule is COC1CC2C(=O)N(c3cccc(Cl)c3)C(=O)N(CC(=O)c3ccc(Cl)cc3)C2CC1OC. The van der Waals surface area contributed by atoms with Crippen LogP contribution in [0.5, 0.6) is 0 Å². The van der Waals surface area contributed by atoms with Gasteiger partial charge in [-0.3, -0.25) is 9.59 Å². The summed E-state index contributed by atoms with van der Waals surface area (Å²) in [7, 11) is 3.15. The molecule has 2 aromatic rings. The molecular formula is C24H24Cl2N2O5. The van der Waals surface area contributed by atoms with Crippen molar-refractivity contribution in [2.75, 3.05) is 25.7 Å². The van der Waals surface area contributed by atoms with Crippen LogP contribution in [-0.2, 0) is 14.3 Å². The van der Waals surface area contributed by atoms with Crippen molar-refractivity contribution in [3.63, 3.8) is 0 Å². The fourth-order valence-corrected chi connectivity index (χ4v) is 4.98. The number of anilines is 1. The van der Waals surface area contributed by atoms with Crippen molar-refractivity contribution >= 4 is 46.6 Å². The maximum absolute atomic E-state index is 13.6. The summed E-state index contributed by atoms with van der Waals surface area (Å²) >= 11 is 12.1. The molecule has 7 nitrogen and oxygen atoms in total. The van der Waals surface area contributed by atoms with E-state index in [1.54, 1.807) is 62.8 Å². The van der Waals surface area contributed by atoms with Crippen LogP contribution >= 0.6 is 23.2 Å². The number of ether oxygens (including phenoxy) is 2. The predicted octanol–water partition coefficient (Wildman–Crippen LogP) is 4.45. The van der Waals surface area contributed by atoms with Gasteiger partial charge in [-0.25, -0.2) is 9.69 Å². The Morgan fingerprint density at radius 1 is 0.970 bits per heavy atom. The molecule has 0 radical (unpaired) electrons. The van der Waals surface area contributed by atoms with Crippen molar-refractivity contribution in [3.8, 4) is 0 Å². The van der Waals surface area contributed by atoms with E-state index in [1.165, 1.54) is 4.90 Å². The molecule has 9 heteroatoms. The van der Waals surface area contributed by atoms with E-state index in [9.17, 15) is 14.4 Å². The van der Waals surface area contributed by atoms with Gasteiger partial charge < -0.3 is 14.4 Å². The topological polar surface area (TPSA) is 76.2 Å². The lowest BCUT2D eigenvalue weighted by Crippen LogP contribution is -2.66. The van der Waals surface area contributed by atoms with Crippen molar-refractivity contribution in [2.45, 2.75) is 31.1 Å². The van der Waals surface area contributed by atoms with E-state index in [0.717, 1.165) is 4.90 Å². The van der Waals surface area contributed by atoms with Crippen molar-refractivity contribution < 1.29 is 23.9 Å². The third kappa shape index (κ3) is 4.64. The molecule has 3 amide bonds. The van der Waals surface area contributed by atoms with Crippen LogP contribution in [0.15, 0.2) is 48.5 Å². The largest absolute Gasteiger partial charge is 0.379 e. The molecule has 1 saturated heterocycles. The lowest BCUT2D eigenvalue weighted by atomic mass is 9.77. The number of urea groups is 1. The number of ketones is 1. The fraction of sp³-hybridized carbons (Fsp3) is 0.375. The van der Waals surface area contributed by atoms with Crippen molar-refractivity contribution in [3.05, 3.63) is 64.1 Å². The molecule has 0 spiro atoms. The molecular weight excluding hydrogens is 467 g/mol. The molecule has 1 aliphatic heterocycles. The summed E-state index contributed by atoms with van der Waals surface area (Å²) in [6.45, 7) is -0.180. The van der Waals surface area contributed by atoms with E-state index in [4.69, 9.17) is 32.7 Å². The predicted molar refractivity (Wildman–Crippen MR) is 125 cm³/mol. The maximum Gasteiger partial charge on any atom is 0.332 e. The minimum Gasteiger partial charge on any atom is -0.379 e. The highest BCUT2D eigenvalue weighted by molar-refractivity contribution is 6.31. The van der Waals surface area contributed by atoms with Gasteiger partial charge >= 0.3 is 6.03 Å². The Morgan fingerprint density at radius 3 is 2.27 bits per heavy atom. The van der Waals surface area contributed by atoms with Crippen LogP contribution < -0.4 is 4.90 Å². The lowest BCUT2D eigenvalue weighted by Gasteiger charge is -2.49. The van der Waals surface area contributed by atoms with Crippen LogP contribution in [0.2, 0.25) is 10.0 Å². The summed E-state index contributed by atoms with van der Waals surface area (Å²) < 4.78 is 11.2. The van der Waals surface area contributed by atoms with E-state index in [2.05, 4.69) is 0 Å². The van der Waals surface area contributed by atoms with Crippen LogP contribution in [0.25, 0.3) is 0 Å². The standard InChI is InChI=1S/C24H24Cl2N2O5/c1-32-21-11-18-19(12-22(21)33-2)27(13-20(29)14-6-8-15(25)9-7-14)24(31)28(23(18)30)17-5-3-4-16(26)10-17/h3-10,18-19,21-22H,11-13H2,1-2H3. The summed E-state index contributed by atoms with van der Waals surface area (Å²) in [5, 5.41) is 0.913. The Labute approximate surface area is 202 Å². The van der Waals surface area contributed by atoms with E-state index in [1.807, 2.05) is 0 Å². The molecule has 2 fully saturated rings. The number of hydrogen-bond donors (Lipinski definition) is 0. The number of amides is 3. The van der Waals surface area contributed by atoms with Gasteiger partial charge in [-0.05, 0) is 55.3 Å². The van der Waals surface area contributed by atoms with Crippen LogP contribution in [0.3, 0.4) is 0 Å². The molecule has 33 heavy (non-hydrogen) atoms. The molecule has 1 heterocycles. The first-order valence-electron chi connectivity index (χ1n) is 10.6. The van der Waals surface area contributed by atoms with Gasteiger partial charge in [0.05, 0.1) is 30.4 Å². The van der Waals surface area contributed by atoms with Gasteiger partial charge in [0.1, 0.15) is 0 Å². The molecule has 4 atom stereocenters. The van der Waals surface area contributed by atoms with Gasteiger partial charge in [0, 0.05) is 35.9 Å². The summed E-state index contributed by atoms with van der Waals surface area (Å²) in [4.78, 5) is 42.8. The van der Waals surface area contributed by atoms with Gasteiger partial charge in [0.25, 0.3) is 0 Å². The third-order valence-electron chi connectivity index (χ3n) is 6.37. The number of Topliss-reactive ketones (excluding diaryl/α,β-unsaturated/α-hetero) is 1. The second-order valence-electron chi connectivity index (χ2n) is 8.19. The minimum atomic E-state index is -0.559. The van der Waals surface area contributed by atoms with Gasteiger partial charge in [0.15, 0.2) is 5.78 Å². The van der Waals surface area contributed by atoms with Crippen LogP contribution in [0.1, 0.15) is 23.2 Å². The average Bonchev–Trinajstić information content (AvgIpc) is 2.81. The van der Waals surface area contributed by atoms with Crippen molar-refractivity contribution in [1.82, 2.24) is 4.90 Å². The molecule has 2 aromatic carbocycles. The van der Waals surface area contributed by atoms with Crippen molar-refractivity contribution in [2.24, 2.45) is 5.92 Å². The highest BCUT2D eigenvalue weighted by atomic mass is 35.5. The highest BCUT2D eigenvalue weighted by Crippen LogP contribution is 2.39. The fourth-order valence-electron chi connectivity index (χ4n) is 4.67. The number of benzene rings is 2. The first kappa shape index (κ1) is 23.7. The van der Waals surface area contributed by atoms with E-state index >= 15 is 0 Å². The van der Waals surface area contributed by atoms with Crippen molar-refractivity contribution in [1.29, 1.82) is 0 Å². The third-order valence-corrected chi connectivity index (χ3v) is 6.85. The van der Waals surface area contributed by atoms with E-state index in [-0.39, 0.29) is 30.4 Å². The molecule has 4 rings (SSSR count). The maximum atomic E-state index is 13.6. The second-order valence-corrected chi connectivity index (χ2v) is 9.06. The monoisotopic (exact) mass is 490 g/mol. The Bertz CT molecular complexity index is 1060. The summed E-state index contributed by atoms with van der Waals surface area (Å²) in [5.74, 6) is -1.13. The molecule has 0 aromatic heterocycles. The number of carbonyl (C=O) groups excluding carboxylic acids is 3. The molecule has 4 unspecified atom stereocenters. The number of methoxy groups -OCH3 is 2. The first-order valence-corrected chi connectivity index (χ1v) is 11.3. The minimum absolute atomic E-state index is 0.180. The second kappa shape index (κ2) is 9.81. The number of fused-ring (bicyclic) bond motifs is 1. The Morgan fingerprint density at radius 2 is 1.64 bits per heavy atom. The van der Waals surface area contributed by atoms with Crippen LogP contribution in [0.4, 0.5) is 10.5 Å². The van der Waals surface area contributed by atoms with Gasteiger partial charge in [0.2, 0.25) is 5.91 Å². The lowest BCUT2D eigenvalue weighted by molar-refractivity contribution is -0.137. The van der Waals surface area contributed by atoms with Gasteiger partial charge in [-0.2, -0.15) is 0 Å². The van der Waals surface area contributed by atoms with Gasteiger partial charge in [-0.1, -0.05) is 29.3 Å². The van der Waals surface area contributed by atoms with Crippen LogP contribution in [-0.4, -0.2) is 61.6 Å². The molecule has 0 bridgehead atoms. The molecule has 1 saturated carbocycles.